The second-order valence-corrected chi connectivity index (χ2v) is 11.6. The zero-order valence-electron chi connectivity index (χ0n) is 22.3. The Balaban J connectivity index is 1.27. The second kappa shape index (κ2) is 10.5. The molecule has 1 N–H and O–H groups in total. The van der Waals surface area contributed by atoms with E-state index in [0.29, 0.717) is 35.4 Å². The zero-order chi connectivity index (χ0) is 27.1. The first-order valence-corrected chi connectivity index (χ1v) is 14.6. The highest BCUT2D eigenvalue weighted by atomic mass is 32.1. The van der Waals surface area contributed by atoms with E-state index in [4.69, 9.17) is 9.97 Å². The maximum atomic E-state index is 14.0. The molecule has 204 valence electrons. The second-order valence-electron chi connectivity index (χ2n) is 10.7. The van der Waals surface area contributed by atoms with Gasteiger partial charge in [0, 0.05) is 63.4 Å². The van der Waals surface area contributed by atoms with Crippen LogP contribution in [0.15, 0.2) is 66.8 Å². The predicted octanol–water partition coefficient (Wildman–Crippen LogP) is 3.68. The van der Waals surface area contributed by atoms with E-state index >= 15 is 0 Å². The van der Waals surface area contributed by atoms with Crippen molar-refractivity contribution >= 4 is 28.7 Å². The molecule has 2 bridgehead atoms. The fourth-order valence-corrected chi connectivity index (χ4v) is 6.37. The number of likely N-dealkylation sites (N-methyl/N-ethyl adjacent to an activating group) is 1. The quantitative estimate of drug-likeness (QED) is 0.329. The summed E-state index contributed by atoms with van der Waals surface area (Å²) in [4.78, 5) is 33.3. The molecular formula is C29H31N9OS. The molecule has 3 aliphatic heterocycles. The van der Waals surface area contributed by atoms with E-state index in [9.17, 15) is 4.79 Å². The van der Waals surface area contributed by atoms with Crippen LogP contribution in [0.2, 0.25) is 0 Å². The molecule has 2 atom stereocenters. The van der Waals surface area contributed by atoms with Crippen LogP contribution in [-0.4, -0.2) is 79.2 Å². The van der Waals surface area contributed by atoms with E-state index in [1.165, 1.54) is 6.42 Å². The van der Waals surface area contributed by atoms with Crippen LogP contribution < -0.4 is 10.2 Å². The Bertz CT molecular complexity index is 1610. The summed E-state index contributed by atoms with van der Waals surface area (Å²) in [5, 5.41) is 10.2. The number of anilines is 1. The molecule has 8 rings (SSSR count). The third-order valence-electron chi connectivity index (χ3n) is 7.95. The highest BCUT2D eigenvalue weighted by molar-refractivity contribution is 7.13. The number of amides is 1. The lowest BCUT2D eigenvalue weighted by atomic mass is 9.97. The molecule has 3 saturated heterocycles. The molecule has 5 aromatic heterocycles. The van der Waals surface area contributed by atoms with Gasteiger partial charge in [0.1, 0.15) is 5.82 Å². The molecule has 3 fully saturated rings. The molecule has 10 nitrogen and oxygen atoms in total. The molecule has 0 radical (unpaired) electrons. The number of thiophene rings is 1. The van der Waals surface area contributed by atoms with Gasteiger partial charge in [0.15, 0.2) is 5.65 Å². The molecule has 0 spiro atoms. The van der Waals surface area contributed by atoms with Crippen LogP contribution in [0.4, 0.5) is 5.82 Å². The summed E-state index contributed by atoms with van der Waals surface area (Å²) in [5.41, 5.74) is 3.74. The van der Waals surface area contributed by atoms with Crippen molar-refractivity contribution in [3.05, 3.63) is 72.4 Å². The summed E-state index contributed by atoms with van der Waals surface area (Å²) in [6.07, 6.45) is 11.6. The number of aromatic nitrogens is 6. The van der Waals surface area contributed by atoms with Gasteiger partial charge in [-0.15, -0.1) is 11.3 Å². The molecular weight excluding hydrogens is 522 g/mol. The SMILES string of the molecule is CN(CCn1ccnc1)c1cc(C(=O)N2CC3CCC(C2)NC3)cc(-c2cnn3ccc(-c4cccs4)nc23)n1. The van der Waals surface area contributed by atoms with Crippen LogP contribution in [0, 0.1) is 5.92 Å². The normalized spacial score (nSPS) is 18.8. The molecule has 11 heteroatoms. The van der Waals surface area contributed by atoms with Gasteiger partial charge < -0.3 is 19.7 Å². The van der Waals surface area contributed by atoms with Crippen LogP contribution in [0.3, 0.4) is 0 Å². The number of piperidine rings is 1. The number of carbonyl (C=O) groups is 1. The van der Waals surface area contributed by atoms with Gasteiger partial charge in [0.2, 0.25) is 0 Å². The van der Waals surface area contributed by atoms with E-state index in [1.54, 1.807) is 28.2 Å². The number of nitrogens with zero attached hydrogens (tertiary/aromatic N) is 8. The van der Waals surface area contributed by atoms with Gasteiger partial charge >= 0.3 is 0 Å². The number of pyridine rings is 1. The molecule has 0 aromatic carbocycles. The van der Waals surface area contributed by atoms with Crippen molar-refractivity contribution in [1.82, 2.24) is 39.3 Å². The molecule has 40 heavy (non-hydrogen) atoms. The van der Waals surface area contributed by atoms with Gasteiger partial charge in [-0.1, -0.05) is 6.07 Å². The molecule has 0 aliphatic carbocycles. The Hall–Kier alpha value is -4.09. The molecule has 0 saturated carbocycles. The summed E-state index contributed by atoms with van der Waals surface area (Å²) in [6.45, 7) is 3.98. The highest BCUT2D eigenvalue weighted by Crippen LogP contribution is 2.30. The van der Waals surface area contributed by atoms with Gasteiger partial charge in [0.05, 0.1) is 34.4 Å². The Morgan fingerprint density at radius 2 is 2.10 bits per heavy atom. The zero-order valence-corrected chi connectivity index (χ0v) is 23.2. The van der Waals surface area contributed by atoms with E-state index in [1.807, 2.05) is 64.9 Å². The van der Waals surface area contributed by atoms with E-state index in [0.717, 1.165) is 54.6 Å². The van der Waals surface area contributed by atoms with E-state index in [2.05, 4.69) is 26.4 Å². The number of rotatable bonds is 7. The van der Waals surface area contributed by atoms with Crippen LogP contribution in [0.5, 0.6) is 0 Å². The lowest BCUT2D eigenvalue weighted by Crippen LogP contribution is -2.40. The number of nitrogens with one attached hydrogen (secondary N) is 1. The Morgan fingerprint density at radius 1 is 1.15 bits per heavy atom. The minimum Gasteiger partial charge on any atom is -0.358 e. The smallest absolute Gasteiger partial charge is 0.254 e. The third-order valence-corrected chi connectivity index (χ3v) is 8.84. The van der Waals surface area contributed by atoms with Crippen LogP contribution in [-0.2, 0) is 6.54 Å². The Kier molecular flexibility index (Phi) is 6.52. The van der Waals surface area contributed by atoms with Crippen molar-refractivity contribution in [1.29, 1.82) is 0 Å². The molecule has 1 amide bonds. The van der Waals surface area contributed by atoms with Crippen LogP contribution >= 0.6 is 11.3 Å². The lowest BCUT2D eigenvalue weighted by molar-refractivity contribution is 0.0748. The average Bonchev–Trinajstić information content (AvgIpc) is 3.74. The van der Waals surface area contributed by atoms with Crippen LogP contribution in [0.25, 0.3) is 27.5 Å². The Morgan fingerprint density at radius 3 is 2.90 bits per heavy atom. The van der Waals surface area contributed by atoms with Crippen molar-refractivity contribution in [3.63, 3.8) is 0 Å². The monoisotopic (exact) mass is 553 g/mol. The summed E-state index contributed by atoms with van der Waals surface area (Å²) in [7, 11) is 2.01. The molecule has 3 aliphatic rings. The maximum Gasteiger partial charge on any atom is 0.254 e. The summed E-state index contributed by atoms with van der Waals surface area (Å²) in [5.74, 6) is 1.30. The number of hydrogen-bond acceptors (Lipinski definition) is 8. The maximum absolute atomic E-state index is 14.0. The number of hydrogen-bond donors (Lipinski definition) is 1. The van der Waals surface area contributed by atoms with Gasteiger partial charge in [-0.2, -0.15) is 5.10 Å². The van der Waals surface area contributed by atoms with Gasteiger partial charge in [-0.05, 0) is 54.9 Å². The average molecular weight is 554 g/mol. The summed E-state index contributed by atoms with van der Waals surface area (Å²) >= 11 is 1.65. The van der Waals surface area contributed by atoms with Gasteiger partial charge in [-0.3, -0.25) is 4.79 Å². The van der Waals surface area contributed by atoms with Crippen LogP contribution in [0.1, 0.15) is 23.2 Å². The van der Waals surface area contributed by atoms with Crippen molar-refractivity contribution in [2.75, 3.05) is 38.1 Å². The first kappa shape index (κ1) is 24.9. The molecule has 8 heterocycles. The highest BCUT2D eigenvalue weighted by Gasteiger charge is 2.32. The number of imidazole rings is 1. The summed E-state index contributed by atoms with van der Waals surface area (Å²) in [6, 6.07) is 10.3. The standard InChI is InChI=1S/C29H31N9OS/c1-35(10-11-36-9-7-30-19-36)27-14-21(29(39)37-17-20-4-5-22(18-37)31-15-20)13-25(33-27)23-16-32-38-8-6-24(34-28(23)38)26-3-2-12-40-26/h2-3,6-9,12-14,16,19-20,22,31H,4-5,10-11,15,17-18H2,1H3. The van der Waals surface area contributed by atoms with E-state index in [-0.39, 0.29) is 5.91 Å². The minimum atomic E-state index is 0.0530. The fourth-order valence-electron chi connectivity index (χ4n) is 5.67. The lowest BCUT2D eigenvalue weighted by Gasteiger charge is -2.24. The minimum absolute atomic E-state index is 0.0530. The van der Waals surface area contributed by atoms with Crippen molar-refractivity contribution in [2.24, 2.45) is 5.92 Å². The molecule has 2 unspecified atom stereocenters. The van der Waals surface area contributed by atoms with Crippen molar-refractivity contribution in [2.45, 2.75) is 25.4 Å². The third kappa shape index (κ3) is 4.86. The topological polar surface area (TPSA) is 96.5 Å². The Labute approximate surface area is 236 Å². The first-order chi connectivity index (χ1) is 19.6. The largest absolute Gasteiger partial charge is 0.358 e. The fraction of sp³-hybridized carbons (Fsp3) is 0.345. The first-order valence-electron chi connectivity index (χ1n) is 13.7. The van der Waals surface area contributed by atoms with Gasteiger partial charge in [-0.25, -0.2) is 19.5 Å². The van der Waals surface area contributed by atoms with E-state index < -0.39 is 0 Å². The van der Waals surface area contributed by atoms with Crippen molar-refractivity contribution < 1.29 is 4.79 Å². The number of carbonyl (C=O) groups excluding carboxylic acids is 1. The number of fused-ring (bicyclic) bond motifs is 5. The molecule has 5 aromatic rings. The van der Waals surface area contributed by atoms with Gasteiger partial charge in [0.25, 0.3) is 5.91 Å². The predicted molar refractivity (Wildman–Crippen MR) is 155 cm³/mol. The summed E-state index contributed by atoms with van der Waals surface area (Å²) < 4.78 is 3.80. The van der Waals surface area contributed by atoms with Crippen molar-refractivity contribution in [3.8, 4) is 21.8 Å².